The van der Waals surface area contributed by atoms with Crippen molar-refractivity contribution in [3.05, 3.63) is 71.3 Å². The van der Waals surface area contributed by atoms with Gasteiger partial charge in [-0.3, -0.25) is 9.59 Å². The van der Waals surface area contributed by atoms with Crippen molar-refractivity contribution in [2.45, 2.75) is 12.0 Å². The van der Waals surface area contributed by atoms with E-state index in [1.165, 1.54) is 0 Å². The number of nitrogens with one attached hydrogen (secondary N) is 1. The monoisotopic (exact) mass is 267 g/mol. The van der Waals surface area contributed by atoms with Gasteiger partial charge >= 0.3 is 5.97 Å². The standard InChI is InChI=1S/C16H13NO3/c18-15-12-9-5-4-8-11(12)13(16(19)20)14(17-15)10-6-2-1-3-7-10/h1-9,13-14H,(H,17,18)(H,19,20)/t13-,14-/m0/s1. The van der Waals surface area contributed by atoms with Crippen molar-refractivity contribution < 1.29 is 14.7 Å². The van der Waals surface area contributed by atoms with Crippen LogP contribution >= 0.6 is 0 Å². The first-order valence-corrected chi connectivity index (χ1v) is 6.36. The number of carbonyl (C=O) groups is 2. The molecule has 0 saturated heterocycles. The molecule has 0 aromatic heterocycles. The second-order valence-electron chi connectivity index (χ2n) is 4.76. The van der Waals surface area contributed by atoms with E-state index < -0.39 is 17.9 Å². The van der Waals surface area contributed by atoms with Gasteiger partial charge in [-0.2, -0.15) is 0 Å². The lowest BCUT2D eigenvalue weighted by Crippen LogP contribution is -2.41. The normalized spacial score (nSPS) is 20.9. The zero-order valence-electron chi connectivity index (χ0n) is 10.6. The molecule has 100 valence electrons. The van der Waals surface area contributed by atoms with Crippen molar-refractivity contribution in [1.29, 1.82) is 0 Å². The molecule has 0 saturated carbocycles. The van der Waals surface area contributed by atoms with E-state index in [9.17, 15) is 14.7 Å². The number of aliphatic carboxylic acids is 1. The molecule has 0 bridgehead atoms. The smallest absolute Gasteiger partial charge is 0.313 e. The van der Waals surface area contributed by atoms with E-state index in [4.69, 9.17) is 0 Å². The molecule has 0 radical (unpaired) electrons. The summed E-state index contributed by atoms with van der Waals surface area (Å²) in [6.45, 7) is 0. The topological polar surface area (TPSA) is 66.4 Å². The first-order valence-electron chi connectivity index (χ1n) is 6.36. The van der Waals surface area contributed by atoms with Crippen molar-refractivity contribution in [3.63, 3.8) is 0 Å². The number of fused-ring (bicyclic) bond motifs is 1. The van der Waals surface area contributed by atoms with Crippen LogP contribution in [0.1, 0.15) is 33.4 Å². The Morgan fingerprint density at radius 2 is 1.65 bits per heavy atom. The van der Waals surface area contributed by atoms with E-state index >= 15 is 0 Å². The van der Waals surface area contributed by atoms with E-state index in [0.29, 0.717) is 11.1 Å². The Hall–Kier alpha value is -2.62. The lowest BCUT2D eigenvalue weighted by Gasteiger charge is -2.31. The Morgan fingerprint density at radius 3 is 2.35 bits per heavy atom. The van der Waals surface area contributed by atoms with Crippen molar-refractivity contribution >= 4 is 11.9 Å². The maximum Gasteiger partial charge on any atom is 0.313 e. The van der Waals surface area contributed by atoms with Crippen LogP contribution in [0.25, 0.3) is 0 Å². The van der Waals surface area contributed by atoms with Gasteiger partial charge in [0, 0.05) is 5.56 Å². The maximum atomic E-state index is 12.1. The summed E-state index contributed by atoms with van der Waals surface area (Å²) in [5, 5.41) is 12.4. The molecule has 20 heavy (non-hydrogen) atoms. The van der Waals surface area contributed by atoms with Gasteiger partial charge in [0.25, 0.3) is 5.91 Å². The molecular formula is C16H13NO3. The molecule has 0 fully saturated rings. The number of rotatable bonds is 2. The van der Waals surface area contributed by atoms with Gasteiger partial charge in [0.1, 0.15) is 5.92 Å². The first-order chi connectivity index (χ1) is 9.68. The van der Waals surface area contributed by atoms with Crippen LogP contribution in [0.4, 0.5) is 0 Å². The highest BCUT2D eigenvalue weighted by molar-refractivity contribution is 6.00. The van der Waals surface area contributed by atoms with Gasteiger partial charge in [0.05, 0.1) is 6.04 Å². The van der Waals surface area contributed by atoms with E-state index in [1.54, 1.807) is 24.3 Å². The molecule has 4 nitrogen and oxygen atoms in total. The summed E-state index contributed by atoms with van der Waals surface area (Å²) >= 11 is 0. The van der Waals surface area contributed by atoms with Gasteiger partial charge < -0.3 is 10.4 Å². The molecule has 2 N–H and O–H groups in total. The lowest BCUT2D eigenvalue weighted by molar-refractivity contribution is -0.139. The number of benzene rings is 2. The minimum absolute atomic E-state index is 0.230. The first kappa shape index (κ1) is 12.4. The van der Waals surface area contributed by atoms with Crippen molar-refractivity contribution in [1.82, 2.24) is 5.32 Å². The van der Waals surface area contributed by atoms with Crippen LogP contribution in [-0.4, -0.2) is 17.0 Å². The van der Waals surface area contributed by atoms with Crippen molar-refractivity contribution in [2.75, 3.05) is 0 Å². The highest BCUT2D eigenvalue weighted by Crippen LogP contribution is 2.36. The number of amides is 1. The van der Waals surface area contributed by atoms with Crippen LogP contribution in [-0.2, 0) is 4.79 Å². The second kappa shape index (κ2) is 4.81. The third-order valence-corrected chi connectivity index (χ3v) is 3.59. The highest BCUT2D eigenvalue weighted by Gasteiger charge is 2.38. The van der Waals surface area contributed by atoms with Gasteiger partial charge in [0.15, 0.2) is 0 Å². The molecule has 4 heteroatoms. The van der Waals surface area contributed by atoms with E-state index in [2.05, 4.69) is 5.32 Å². The zero-order chi connectivity index (χ0) is 14.1. The van der Waals surface area contributed by atoms with Crippen LogP contribution in [0, 0.1) is 0 Å². The van der Waals surface area contributed by atoms with Gasteiger partial charge in [-0.15, -0.1) is 0 Å². The Kier molecular flexibility index (Phi) is 2.99. The largest absolute Gasteiger partial charge is 0.481 e. The molecule has 1 amide bonds. The predicted octanol–water partition coefficient (Wildman–Crippen LogP) is 2.34. The average molecular weight is 267 g/mol. The minimum atomic E-state index is -0.939. The summed E-state index contributed by atoms with van der Waals surface area (Å²) in [7, 11) is 0. The predicted molar refractivity (Wildman–Crippen MR) is 73.5 cm³/mol. The summed E-state index contributed by atoms with van der Waals surface area (Å²) in [4.78, 5) is 23.8. The van der Waals surface area contributed by atoms with Crippen molar-refractivity contribution in [2.24, 2.45) is 0 Å². The van der Waals surface area contributed by atoms with Crippen LogP contribution < -0.4 is 5.32 Å². The summed E-state index contributed by atoms with van der Waals surface area (Å²) in [5.41, 5.74) is 1.80. The molecule has 1 aliphatic heterocycles. The SMILES string of the molecule is O=C1N[C@@H](c2ccccc2)[C@@H](C(=O)O)c2ccccc21. The number of carbonyl (C=O) groups excluding carboxylic acids is 1. The van der Waals surface area contributed by atoms with Gasteiger partial charge in [0.2, 0.25) is 0 Å². The molecule has 2 aromatic carbocycles. The number of carboxylic acids is 1. The molecule has 0 aliphatic carbocycles. The fourth-order valence-corrected chi connectivity index (χ4v) is 2.67. The van der Waals surface area contributed by atoms with Gasteiger partial charge in [-0.05, 0) is 17.2 Å². The molecule has 2 aromatic rings. The minimum Gasteiger partial charge on any atom is -0.481 e. The Bertz CT molecular complexity index is 666. The fraction of sp³-hybridized carbons (Fsp3) is 0.125. The Labute approximate surface area is 116 Å². The highest BCUT2D eigenvalue weighted by atomic mass is 16.4. The van der Waals surface area contributed by atoms with E-state index in [0.717, 1.165) is 5.56 Å². The Morgan fingerprint density at radius 1 is 1.00 bits per heavy atom. The number of hydrogen-bond donors (Lipinski definition) is 2. The van der Waals surface area contributed by atoms with Crippen LogP contribution in [0.5, 0.6) is 0 Å². The number of carboxylic acid groups (broad SMARTS) is 1. The van der Waals surface area contributed by atoms with Crippen LogP contribution in [0.3, 0.4) is 0 Å². The maximum absolute atomic E-state index is 12.1. The van der Waals surface area contributed by atoms with Crippen LogP contribution in [0.2, 0.25) is 0 Å². The van der Waals surface area contributed by atoms with Crippen LogP contribution in [0.15, 0.2) is 54.6 Å². The molecule has 2 atom stereocenters. The average Bonchev–Trinajstić information content (AvgIpc) is 2.47. The molecule has 1 heterocycles. The van der Waals surface area contributed by atoms with E-state index in [-0.39, 0.29) is 5.91 Å². The number of hydrogen-bond acceptors (Lipinski definition) is 2. The summed E-state index contributed by atoms with van der Waals surface area (Å²) in [6, 6.07) is 15.5. The lowest BCUT2D eigenvalue weighted by atomic mass is 9.81. The van der Waals surface area contributed by atoms with Gasteiger partial charge in [-0.1, -0.05) is 48.5 Å². The quantitative estimate of drug-likeness (QED) is 0.877. The summed E-state index contributed by atoms with van der Waals surface area (Å²) in [5.74, 6) is -1.94. The third kappa shape index (κ3) is 1.95. The molecular weight excluding hydrogens is 254 g/mol. The van der Waals surface area contributed by atoms with Crippen molar-refractivity contribution in [3.8, 4) is 0 Å². The molecule has 3 rings (SSSR count). The van der Waals surface area contributed by atoms with Gasteiger partial charge in [-0.25, -0.2) is 0 Å². The Balaban J connectivity index is 2.14. The van der Waals surface area contributed by atoms with E-state index in [1.807, 2.05) is 30.3 Å². The molecule has 0 spiro atoms. The molecule has 1 aliphatic rings. The second-order valence-corrected chi connectivity index (χ2v) is 4.76. The fourth-order valence-electron chi connectivity index (χ4n) is 2.67. The third-order valence-electron chi connectivity index (χ3n) is 3.59. The summed E-state index contributed by atoms with van der Waals surface area (Å²) < 4.78 is 0. The molecule has 0 unspecified atom stereocenters. The zero-order valence-corrected chi connectivity index (χ0v) is 10.6. The summed E-state index contributed by atoms with van der Waals surface area (Å²) in [6.07, 6.45) is 0.